The standard InChI is InChI=1S/C14H16ClNO4/c15-11-7-4-8-12(16(18)19)14(11)20-9-13(17)10-5-2-1-3-6-10/h4,7-8,10H,1-3,5-6,9H2. The van der Waals surface area contributed by atoms with E-state index in [0.29, 0.717) is 0 Å². The summed E-state index contributed by atoms with van der Waals surface area (Å²) in [5.41, 5.74) is -0.214. The van der Waals surface area contributed by atoms with Crippen LogP contribution in [-0.2, 0) is 4.79 Å². The molecule has 0 aliphatic heterocycles. The van der Waals surface area contributed by atoms with Gasteiger partial charge in [-0.05, 0) is 18.9 Å². The van der Waals surface area contributed by atoms with Crippen molar-refractivity contribution in [2.24, 2.45) is 5.92 Å². The number of nitrogens with zero attached hydrogens (tertiary/aromatic N) is 1. The molecule has 1 aromatic carbocycles. The average molecular weight is 298 g/mol. The molecule has 1 saturated carbocycles. The van der Waals surface area contributed by atoms with E-state index in [1.165, 1.54) is 24.6 Å². The van der Waals surface area contributed by atoms with Crippen molar-refractivity contribution in [1.29, 1.82) is 0 Å². The van der Waals surface area contributed by atoms with Crippen LogP contribution in [0.2, 0.25) is 5.02 Å². The maximum absolute atomic E-state index is 12.0. The Morgan fingerprint density at radius 1 is 1.35 bits per heavy atom. The summed E-state index contributed by atoms with van der Waals surface area (Å²) in [5.74, 6) is -0.00691. The average Bonchev–Trinajstić information content (AvgIpc) is 2.46. The molecule has 0 N–H and O–H groups in total. The quantitative estimate of drug-likeness (QED) is 0.612. The van der Waals surface area contributed by atoms with Gasteiger partial charge in [0.15, 0.2) is 5.78 Å². The van der Waals surface area contributed by atoms with Crippen molar-refractivity contribution >= 4 is 23.1 Å². The SMILES string of the molecule is O=C(COc1c(Cl)cccc1[N+](=O)[O-])C1CCCCC1. The molecule has 0 unspecified atom stereocenters. The van der Waals surface area contributed by atoms with Crippen molar-refractivity contribution in [3.8, 4) is 5.75 Å². The van der Waals surface area contributed by atoms with Gasteiger partial charge in [-0.2, -0.15) is 0 Å². The van der Waals surface area contributed by atoms with Crippen molar-refractivity contribution < 1.29 is 14.5 Å². The van der Waals surface area contributed by atoms with Crippen molar-refractivity contribution in [3.63, 3.8) is 0 Å². The second kappa shape index (κ2) is 6.70. The maximum atomic E-state index is 12.0. The van der Waals surface area contributed by atoms with Gasteiger partial charge in [-0.3, -0.25) is 14.9 Å². The third-order valence-electron chi connectivity index (χ3n) is 3.56. The summed E-state index contributed by atoms with van der Waals surface area (Å²) in [6.07, 6.45) is 5.05. The van der Waals surface area contributed by atoms with Gasteiger partial charge in [-0.15, -0.1) is 0 Å². The minimum atomic E-state index is -0.563. The third-order valence-corrected chi connectivity index (χ3v) is 3.86. The van der Waals surface area contributed by atoms with Crippen molar-refractivity contribution in [2.45, 2.75) is 32.1 Å². The number of nitro groups is 1. The molecular formula is C14H16ClNO4. The molecule has 0 saturated heterocycles. The highest BCUT2D eigenvalue weighted by atomic mass is 35.5. The molecule has 0 bridgehead atoms. The van der Waals surface area contributed by atoms with Gasteiger partial charge in [-0.1, -0.05) is 36.9 Å². The van der Waals surface area contributed by atoms with Crippen molar-refractivity contribution in [2.75, 3.05) is 6.61 Å². The lowest BCUT2D eigenvalue weighted by Crippen LogP contribution is -2.23. The number of benzene rings is 1. The number of halogens is 1. The third kappa shape index (κ3) is 3.48. The van der Waals surface area contributed by atoms with E-state index in [4.69, 9.17) is 16.3 Å². The topological polar surface area (TPSA) is 69.4 Å². The Bertz CT molecular complexity index is 512. The van der Waals surface area contributed by atoms with Gasteiger partial charge in [-0.25, -0.2) is 0 Å². The normalized spacial score (nSPS) is 15.8. The molecule has 20 heavy (non-hydrogen) atoms. The number of hydrogen-bond acceptors (Lipinski definition) is 4. The summed E-state index contributed by atoms with van der Waals surface area (Å²) >= 11 is 5.90. The van der Waals surface area contributed by atoms with Crippen LogP contribution in [0.5, 0.6) is 5.75 Å². The summed E-state index contributed by atoms with van der Waals surface area (Å²) in [7, 11) is 0. The van der Waals surface area contributed by atoms with E-state index in [9.17, 15) is 14.9 Å². The lowest BCUT2D eigenvalue weighted by Gasteiger charge is -2.20. The van der Waals surface area contributed by atoms with Gasteiger partial charge in [0.25, 0.3) is 0 Å². The molecule has 0 radical (unpaired) electrons. The molecule has 5 nitrogen and oxygen atoms in total. The predicted molar refractivity (Wildman–Crippen MR) is 75.2 cm³/mol. The Hall–Kier alpha value is -1.62. The summed E-state index contributed by atoms with van der Waals surface area (Å²) in [6, 6.07) is 4.30. The monoisotopic (exact) mass is 297 g/mol. The molecule has 2 rings (SSSR count). The van der Waals surface area contributed by atoms with E-state index in [-0.39, 0.29) is 34.8 Å². The fourth-order valence-corrected chi connectivity index (χ4v) is 2.69. The highest BCUT2D eigenvalue weighted by Gasteiger charge is 2.24. The molecule has 0 spiro atoms. The Balaban J connectivity index is 2.03. The largest absolute Gasteiger partial charge is 0.478 e. The number of hydrogen-bond donors (Lipinski definition) is 0. The summed E-state index contributed by atoms with van der Waals surface area (Å²) < 4.78 is 5.32. The molecule has 0 atom stereocenters. The Morgan fingerprint density at radius 3 is 2.70 bits per heavy atom. The van der Waals surface area contributed by atoms with E-state index in [0.717, 1.165) is 25.7 Å². The van der Waals surface area contributed by atoms with Gasteiger partial charge < -0.3 is 4.74 Å². The zero-order valence-corrected chi connectivity index (χ0v) is 11.8. The predicted octanol–water partition coefficient (Wildman–Crippen LogP) is 3.78. The highest BCUT2D eigenvalue weighted by molar-refractivity contribution is 6.32. The number of carbonyl (C=O) groups excluding carboxylic acids is 1. The number of para-hydroxylation sites is 1. The molecular weight excluding hydrogens is 282 g/mol. The molecule has 1 aliphatic rings. The Kier molecular flexibility index (Phi) is 4.95. The zero-order valence-electron chi connectivity index (χ0n) is 11.0. The number of Topliss-reactive ketones (excluding diaryl/α,β-unsaturated/α-hetero) is 1. The zero-order chi connectivity index (χ0) is 14.5. The first-order valence-electron chi connectivity index (χ1n) is 6.68. The van der Waals surface area contributed by atoms with Crippen LogP contribution >= 0.6 is 11.6 Å². The molecule has 1 aromatic rings. The smallest absolute Gasteiger partial charge is 0.312 e. The second-order valence-corrected chi connectivity index (χ2v) is 5.34. The van der Waals surface area contributed by atoms with Crippen LogP contribution in [0, 0.1) is 16.0 Å². The van der Waals surface area contributed by atoms with E-state index in [1.807, 2.05) is 0 Å². The van der Waals surface area contributed by atoms with E-state index in [2.05, 4.69) is 0 Å². The molecule has 6 heteroatoms. The highest BCUT2D eigenvalue weighted by Crippen LogP contribution is 2.34. The number of ketones is 1. The van der Waals surface area contributed by atoms with Crippen LogP contribution in [0.1, 0.15) is 32.1 Å². The minimum absolute atomic E-state index is 0.00100. The molecule has 0 aromatic heterocycles. The summed E-state index contributed by atoms with van der Waals surface area (Å²) in [5, 5.41) is 11.1. The van der Waals surface area contributed by atoms with E-state index in [1.54, 1.807) is 0 Å². The maximum Gasteiger partial charge on any atom is 0.312 e. The molecule has 0 amide bonds. The van der Waals surface area contributed by atoms with Gasteiger partial charge in [0.05, 0.1) is 9.95 Å². The first-order valence-corrected chi connectivity index (χ1v) is 7.06. The Morgan fingerprint density at radius 2 is 2.05 bits per heavy atom. The van der Waals surface area contributed by atoms with Gasteiger partial charge >= 0.3 is 5.69 Å². The van der Waals surface area contributed by atoms with E-state index >= 15 is 0 Å². The van der Waals surface area contributed by atoms with E-state index < -0.39 is 4.92 Å². The van der Waals surface area contributed by atoms with Crippen LogP contribution in [0.25, 0.3) is 0 Å². The summed E-state index contributed by atoms with van der Waals surface area (Å²) in [6.45, 7) is -0.158. The van der Waals surface area contributed by atoms with Crippen molar-refractivity contribution in [3.05, 3.63) is 33.3 Å². The molecule has 108 valence electrons. The van der Waals surface area contributed by atoms with Gasteiger partial charge in [0.2, 0.25) is 5.75 Å². The van der Waals surface area contributed by atoms with Crippen LogP contribution in [0.4, 0.5) is 5.69 Å². The number of nitro benzene ring substituents is 1. The number of ether oxygens (including phenoxy) is 1. The van der Waals surface area contributed by atoms with Crippen molar-refractivity contribution in [1.82, 2.24) is 0 Å². The second-order valence-electron chi connectivity index (χ2n) is 4.94. The molecule has 0 heterocycles. The van der Waals surface area contributed by atoms with Crippen LogP contribution in [0.3, 0.4) is 0 Å². The van der Waals surface area contributed by atoms with Crippen LogP contribution in [-0.4, -0.2) is 17.3 Å². The lowest BCUT2D eigenvalue weighted by atomic mass is 9.86. The fourth-order valence-electron chi connectivity index (χ4n) is 2.47. The number of rotatable bonds is 5. The van der Waals surface area contributed by atoms with Crippen LogP contribution in [0.15, 0.2) is 18.2 Å². The van der Waals surface area contributed by atoms with Gasteiger partial charge in [0, 0.05) is 12.0 Å². The lowest BCUT2D eigenvalue weighted by molar-refractivity contribution is -0.385. The minimum Gasteiger partial charge on any atom is -0.478 e. The van der Waals surface area contributed by atoms with Gasteiger partial charge in [0.1, 0.15) is 6.61 Å². The van der Waals surface area contributed by atoms with Crippen LogP contribution < -0.4 is 4.74 Å². The Labute approximate surface area is 122 Å². The first-order chi connectivity index (χ1) is 9.59. The molecule has 1 aliphatic carbocycles. The first kappa shape index (κ1) is 14.8. The summed E-state index contributed by atoms with van der Waals surface area (Å²) in [4.78, 5) is 22.4. The molecule has 1 fully saturated rings. The number of carbonyl (C=O) groups is 1. The fraction of sp³-hybridized carbons (Fsp3) is 0.500.